The van der Waals surface area contributed by atoms with E-state index in [1.54, 1.807) is 13.4 Å². The highest BCUT2D eigenvalue weighted by atomic mass is 19.4. The van der Waals surface area contributed by atoms with Crippen molar-refractivity contribution in [1.29, 1.82) is 0 Å². The third-order valence-electron chi connectivity index (χ3n) is 5.16. The van der Waals surface area contributed by atoms with Gasteiger partial charge in [0.2, 0.25) is 5.91 Å². The zero-order valence-electron chi connectivity index (χ0n) is 16.9. The van der Waals surface area contributed by atoms with Gasteiger partial charge in [-0.1, -0.05) is 0 Å². The number of aliphatic carboxylic acids is 1. The highest BCUT2D eigenvalue weighted by molar-refractivity contribution is 5.77. The first-order valence-electron chi connectivity index (χ1n) is 9.51. The van der Waals surface area contributed by atoms with Gasteiger partial charge in [0, 0.05) is 32.7 Å². The minimum absolute atomic E-state index is 0.0873. The van der Waals surface area contributed by atoms with Gasteiger partial charge >= 0.3 is 12.1 Å². The van der Waals surface area contributed by atoms with Crippen LogP contribution < -0.4 is 0 Å². The number of carbonyl (C=O) groups excluding carboxylic acids is 1. The molecule has 0 saturated carbocycles. The van der Waals surface area contributed by atoms with Crippen molar-refractivity contribution in [1.82, 2.24) is 9.80 Å². The summed E-state index contributed by atoms with van der Waals surface area (Å²) in [5.41, 5.74) is 0. The Morgan fingerprint density at radius 2 is 2.10 bits per heavy atom. The summed E-state index contributed by atoms with van der Waals surface area (Å²) in [6, 6.07) is 3.91. The second-order valence-electron chi connectivity index (χ2n) is 7.44. The number of piperidine rings is 1. The Bertz CT molecular complexity index is 682. The SMILES string of the molecule is COCC(=O)N1CC[C@@H]2[C@@H](CO[C@H]2CN(C)Cc2ccco2)C1.O=C(O)C(F)(F)F. The summed E-state index contributed by atoms with van der Waals surface area (Å²) in [5, 5.41) is 7.12. The van der Waals surface area contributed by atoms with Crippen molar-refractivity contribution in [2.45, 2.75) is 25.2 Å². The van der Waals surface area contributed by atoms with Crippen molar-refractivity contribution < 1.29 is 41.8 Å². The molecule has 0 radical (unpaired) electrons. The van der Waals surface area contributed by atoms with Crippen molar-refractivity contribution in [3.05, 3.63) is 24.2 Å². The van der Waals surface area contributed by atoms with E-state index in [2.05, 4.69) is 11.9 Å². The van der Waals surface area contributed by atoms with Gasteiger partial charge in [0.05, 0.1) is 25.5 Å². The number of carbonyl (C=O) groups is 2. The van der Waals surface area contributed by atoms with E-state index in [0.717, 1.165) is 45.0 Å². The molecule has 11 heteroatoms. The lowest BCUT2D eigenvalue weighted by atomic mass is 9.84. The first-order valence-corrected chi connectivity index (χ1v) is 9.51. The molecule has 1 aromatic heterocycles. The molecule has 2 saturated heterocycles. The summed E-state index contributed by atoms with van der Waals surface area (Å²) >= 11 is 0. The van der Waals surface area contributed by atoms with Crippen LogP contribution in [0, 0.1) is 11.8 Å². The first-order chi connectivity index (χ1) is 14.1. The summed E-state index contributed by atoms with van der Waals surface area (Å²) in [7, 11) is 3.66. The zero-order valence-corrected chi connectivity index (χ0v) is 16.9. The van der Waals surface area contributed by atoms with Gasteiger partial charge in [0.1, 0.15) is 12.4 Å². The number of rotatable bonds is 6. The maximum atomic E-state index is 12.0. The topological polar surface area (TPSA) is 92.5 Å². The van der Waals surface area contributed by atoms with Gasteiger partial charge in [-0.15, -0.1) is 0 Å². The molecule has 170 valence electrons. The number of likely N-dealkylation sites (tertiary alicyclic amines) is 1. The van der Waals surface area contributed by atoms with Crippen LogP contribution in [0.1, 0.15) is 12.2 Å². The van der Waals surface area contributed by atoms with E-state index in [1.165, 1.54) is 0 Å². The molecule has 1 aromatic rings. The monoisotopic (exact) mass is 436 g/mol. The number of carboxylic acid groups (broad SMARTS) is 1. The largest absolute Gasteiger partial charge is 0.490 e. The predicted molar refractivity (Wildman–Crippen MR) is 98.5 cm³/mol. The number of halogens is 3. The smallest absolute Gasteiger partial charge is 0.475 e. The molecular formula is C19H27F3N2O6. The molecule has 0 aliphatic carbocycles. The number of likely N-dealkylation sites (N-methyl/N-ethyl adjacent to an activating group) is 1. The second-order valence-corrected chi connectivity index (χ2v) is 7.44. The number of hydrogen-bond acceptors (Lipinski definition) is 6. The van der Waals surface area contributed by atoms with E-state index in [0.29, 0.717) is 11.8 Å². The van der Waals surface area contributed by atoms with Crippen molar-refractivity contribution in [3.8, 4) is 0 Å². The number of amides is 1. The highest BCUT2D eigenvalue weighted by Crippen LogP contribution is 2.34. The Morgan fingerprint density at radius 1 is 1.40 bits per heavy atom. The molecular weight excluding hydrogens is 409 g/mol. The molecule has 2 aliphatic rings. The van der Waals surface area contributed by atoms with Crippen LogP contribution in [0.5, 0.6) is 0 Å². The Morgan fingerprint density at radius 3 is 2.67 bits per heavy atom. The van der Waals surface area contributed by atoms with Crippen LogP contribution in [0.4, 0.5) is 13.2 Å². The van der Waals surface area contributed by atoms with E-state index in [4.69, 9.17) is 23.8 Å². The van der Waals surface area contributed by atoms with E-state index >= 15 is 0 Å². The Hall–Kier alpha value is -2.11. The van der Waals surface area contributed by atoms with Crippen molar-refractivity contribution in [2.75, 3.05) is 47.0 Å². The predicted octanol–water partition coefficient (Wildman–Crippen LogP) is 1.85. The lowest BCUT2D eigenvalue weighted by Crippen LogP contribution is -2.46. The Kier molecular flexibility index (Phi) is 8.68. The second kappa shape index (κ2) is 10.8. The molecule has 30 heavy (non-hydrogen) atoms. The average molecular weight is 436 g/mol. The molecule has 2 fully saturated rings. The molecule has 0 aromatic carbocycles. The summed E-state index contributed by atoms with van der Waals surface area (Å²) in [6.45, 7) is 4.22. The van der Waals surface area contributed by atoms with Crippen LogP contribution in [0.25, 0.3) is 0 Å². The van der Waals surface area contributed by atoms with Crippen LogP contribution in [-0.2, 0) is 25.6 Å². The van der Waals surface area contributed by atoms with Gasteiger partial charge in [-0.25, -0.2) is 4.79 Å². The number of nitrogens with zero attached hydrogens (tertiary/aromatic N) is 2. The Balaban J connectivity index is 0.000000396. The number of ether oxygens (including phenoxy) is 2. The molecule has 1 N–H and O–H groups in total. The maximum Gasteiger partial charge on any atom is 0.490 e. The fraction of sp³-hybridized carbons (Fsp3) is 0.684. The fourth-order valence-corrected chi connectivity index (χ4v) is 3.76. The van der Waals surface area contributed by atoms with Gasteiger partial charge in [-0.3, -0.25) is 9.69 Å². The minimum atomic E-state index is -5.08. The van der Waals surface area contributed by atoms with E-state index in [9.17, 15) is 18.0 Å². The zero-order chi connectivity index (χ0) is 22.3. The number of fused-ring (bicyclic) bond motifs is 1. The average Bonchev–Trinajstić information content (AvgIpc) is 3.31. The third-order valence-corrected chi connectivity index (χ3v) is 5.16. The standard InChI is InChI=1S/C17H26N2O4.C2HF3O2/c1-18(9-14-4-3-7-22-14)10-16-15-5-6-19(17(20)12-21-2)8-13(15)11-23-16;3-2(4,5)1(6)7/h3-4,7,13,15-16H,5-6,8-12H2,1-2H3;(H,6,7)/t13-,15-,16+;/m1./s1. The highest BCUT2D eigenvalue weighted by Gasteiger charge is 2.42. The number of methoxy groups -OCH3 is 1. The van der Waals surface area contributed by atoms with Crippen LogP contribution >= 0.6 is 0 Å². The van der Waals surface area contributed by atoms with Crippen molar-refractivity contribution in [3.63, 3.8) is 0 Å². The number of furan rings is 1. The number of carboxylic acids is 1. The van der Waals surface area contributed by atoms with E-state index < -0.39 is 12.1 Å². The molecule has 0 spiro atoms. The quantitative estimate of drug-likeness (QED) is 0.728. The summed E-state index contributed by atoms with van der Waals surface area (Å²) in [6.07, 6.45) is -2.11. The molecule has 3 heterocycles. The molecule has 8 nitrogen and oxygen atoms in total. The van der Waals surface area contributed by atoms with Crippen molar-refractivity contribution >= 4 is 11.9 Å². The van der Waals surface area contributed by atoms with Gasteiger partial charge in [0.15, 0.2) is 0 Å². The Labute approximate surface area is 172 Å². The van der Waals surface area contributed by atoms with Crippen LogP contribution in [0.3, 0.4) is 0 Å². The summed E-state index contributed by atoms with van der Waals surface area (Å²) < 4.78 is 48.1. The third kappa shape index (κ3) is 6.99. The van der Waals surface area contributed by atoms with Gasteiger partial charge in [-0.05, 0) is 31.5 Å². The molecule has 3 atom stereocenters. The lowest BCUT2D eigenvalue weighted by Gasteiger charge is -2.36. The molecule has 2 aliphatic heterocycles. The van der Waals surface area contributed by atoms with Gasteiger partial charge in [-0.2, -0.15) is 13.2 Å². The van der Waals surface area contributed by atoms with Crippen LogP contribution in [0.15, 0.2) is 22.8 Å². The molecule has 3 rings (SSSR count). The van der Waals surface area contributed by atoms with Crippen molar-refractivity contribution in [2.24, 2.45) is 11.8 Å². The van der Waals surface area contributed by atoms with Gasteiger partial charge < -0.3 is 23.9 Å². The lowest BCUT2D eigenvalue weighted by molar-refractivity contribution is -0.192. The van der Waals surface area contributed by atoms with E-state index in [-0.39, 0.29) is 18.6 Å². The fourth-order valence-electron chi connectivity index (χ4n) is 3.76. The minimum Gasteiger partial charge on any atom is -0.475 e. The van der Waals surface area contributed by atoms with Gasteiger partial charge in [0.25, 0.3) is 0 Å². The molecule has 0 bridgehead atoms. The van der Waals surface area contributed by atoms with Crippen LogP contribution in [-0.4, -0.2) is 86.1 Å². The first kappa shape index (κ1) is 24.2. The molecule has 1 amide bonds. The molecule has 0 unspecified atom stereocenters. The normalized spacial score (nSPS) is 23.7. The summed E-state index contributed by atoms with van der Waals surface area (Å²) in [5.74, 6) is -0.703. The number of hydrogen-bond donors (Lipinski definition) is 1. The summed E-state index contributed by atoms with van der Waals surface area (Å²) in [4.78, 5) is 25.0. The van der Waals surface area contributed by atoms with Crippen LogP contribution in [0.2, 0.25) is 0 Å². The van der Waals surface area contributed by atoms with E-state index in [1.807, 2.05) is 17.0 Å². The maximum absolute atomic E-state index is 12.0. The number of alkyl halides is 3.